The van der Waals surface area contributed by atoms with Gasteiger partial charge in [-0.05, 0) is 32.2 Å². The van der Waals surface area contributed by atoms with Crippen LogP contribution in [0.15, 0.2) is 0 Å². The van der Waals surface area contributed by atoms with E-state index in [1.807, 2.05) is 6.92 Å². The minimum absolute atomic E-state index is 0.140. The molecule has 0 spiro atoms. The van der Waals surface area contributed by atoms with Crippen molar-refractivity contribution in [3.63, 3.8) is 0 Å². The van der Waals surface area contributed by atoms with Crippen LogP contribution in [0, 0.1) is 5.92 Å². The van der Waals surface area contributed by atoms with E-state index in [0.29, 0.717) is 12.5 Å². The van der Waals surface area contributed by atoms with E-state index in [9.17, 15) is 4.79 Å². The topological polar surface area (TPSA) is 49.6 Å². The Kier molecular flexibility index (Phi) is 5.64. The van der Waals surface area contributed by atoms with Crippen LogP contribution < -0.4 is 5.73 Å². The zero-order valence-corrected chi connectivity index (χ0v) is 12.3. The highest BCUT2D eigenvalue weighted by Gasteiger charge is 2.29. The average Bonchev–Trinajstić information content (AvgIpc) is 2.98. The molecule has 4 nitrogen and oxygen atoms in total. The van der Waals surface area contributed by atoms with Crippen LogP contribution in [-0.2, 0) is 4.79 Å². The van der Waals surface area contributed by atoms with Gasteiger partial charge in [-0.25, -0.2) is 0 Å². The molecule has 2 rings (SSSR count). The summed E-state index contributed by atoms with van der Waals surface area (Å²) >= 11 is 0. The highest BCUT2D eigenvalue weighted by atomic mass is 16.2. The van der Waals surface area contributed by atoms with E-state index in [4.69, 9.17) is 5.73 Å². The molecular weight excluding hydrogens is 238 g/mol. The van der Waals surface area contributed by atoms with Crippen molar-refractivity contribution in [2.45, 2.75) is 51.5 Å². The van der Waals surface area contributed by atoms with E-state index in [2.05, 4.69) is 9.80 Å². The van der Waals surface area contributed by atoms with Gasteiger partial charge in [0.2, 0.25) is 5.91 Å². The predicted octanol–water partition coefficient (Wildman–Crippen LogP) is 1.45. The molecule has 0 bridgehead atoms. The fraction of sp³-hybridized carbons (Fsp3) is 0.933. The molecule has 1 saturated heterocycles. The largest absolute Gasteiger partial charge is 0.340 e. The Morgan fingerprint density at radius 1 is 1.21 bits per heavy atom. The molecule has 0 aromatic heterocycles. The maximum absolute atomic E-state index is 12.3. The second-order valence-electron chi connectivity index (χ2n) is 6.13. The number of nitrogens with two attached hydrogens (primary N) is 1. The lowest BCUT2D eigenvalue weighted by molar-refractivity contribution is -0.137. The van der Waals surface area contributed by atoms with Crippen molar-refractivity contribution in [1.82, 2.24) is 9.80 Å². The molecule has 19 heavy (non-hydrogen) atoms. The van der Waals surface area contributed by atoms with E-state index < -0.39 is 0 Å². The zero-order valence-electron chi connectivity index (χ0n) is 12.3. The fourth-order valence-corrected chi connectivity index (χ4v) is 3.44. The minimum atomic E-state index is 0.140. The van der Waals surface area contributed by atoms with Gasteiger partial charge in [0.05, 0.1) is 0 Å². The average molecular weight is 267 g/mol. The van der Waals surface area contributed by atoms with Crippen molar-refractivity contribution in [2.24, 2.45) is 11.7 Å². The summed E-state index contributed by atoms with van der Waals surface area (Å²) in [5.41, 5.74) is 5.51. The van der Waals surface area contributed by atoms with Gasteiger partial charge in [-0.15, -0.1) is 0 Å². The second kappa shape index (κ2) is 7.25. The molecule has 2 fully saturated rings. The number of hydrogen-bond donors (Lipinski definition) is 1. The molecule has 1 heterocycles. The Morgan fingerprint density at radius 2 is 1.84 bits per heavy atom. The van der Waals surface area contributed by atoms with Gasteiger partial charge in [0, 0.05) is 38.1 Å². The summed E-state index contributed by atoms with van der Waals surface area (Å²) < 4.78 is 0. The van der Waals surface area contributed by atoms with E-state index >= 15 is 0 Å². The zero-order chi connectivity index (χ0) is 13.7. The van der Waals surface area contributed by atoms with Crippen LogP contribution in [0.25, 0.3) is 0 Å². The summed E-state index contributed by atoms with van der Waals surface area (Å²) in [6.07, 6.45) is 7.38. The monoisotopic (exact) mass is 267 g/mol. The molecule has 1 atom stereocenters. The lowest BCUT2D eigenvalue weighted by Gasteiger charge is -2.39. The van der Waals surface area contributed by atoms with E-state index in [0.717, 1.165) is 45.1 Å². The molecule has 2 aliphatic rings. The Bertz CT molecular complexity index is 281. The number of carbonyl (C=O) groups excluding carboxylic acids is 1. The molecule has 1 saturated carbocycles. The van der Waals surface area contributed by atoms with Crippen molar-refractivity contribution in [2.75, 3.05) is 32.7 Å². The molecule has 0 aromatic rings. The van der Waals surface area contributed by atoms with E-state index in [1.165, 1.54) is 25.7 Å². The summed E-state index contributed by atoms with van der Waals surface area (Å²) in [5, 5.41) is 0. The lowest BCUT2D eigenvalue weighted by Crippen LogP contribution is -2.52. The van der Waals surface area contributed by atoms with Crippen molar-refractivity contribution < 1.29 is 4.79 Å². The third kappa shape index (κ3) is 3.93. The molecule has 2 N–H and O–H groups in total. The minimum Gasteiger partial charge on any atom is -0.340 e. The number of rotatable bonds is 5. The standard InChI is InChI=1S/C15H29N3O/c1-13(5-4-8-16)15(19)18-11-9-17(10-12-18)14-6-2-3-7-14/h13-14H,2-12,16H2,1H3. The number of hydrogen-bond acceptors (Lipinski definition) is 3. The van der Waals surface area contributed by atoms with Crippen LogP contribution in [0.5, 0.6) is 0 Å². The lowest BCUT2D eigenvalue weighted by atomic mass is 10.0. The summed E-state index contributed by atoms with van der Waals surface area (Å²) in [7, 11) is 0. The van der Waals surface area contributed by atoms with Gasteiger partial charge < -0.3 is 10.6 Å². The third-order valence-electron chi connectivity index (χ3n) is 4.73. The van der Waals surface area contributed by atoms with Crippen molar-refractivity contribution in [1.29, 1.82) is 0 Å². The predicted molar refractivity (Wildman–Crippen MR) is 77.9 cm³/mol. The second-order valence-corrected chi connectivity index (χ2v) is 6.13. The summed E-state index contributed by atoms with van der Waals surface area (Å²) in [6, 6.07) is 0.798. The van der Waals surface area contributed by atoms with Crippen LogP contribution in [0.4, 0.5) is 0 Å². The Labute approximate surface area is 117 Å². The van der Waals surface area contributed by atoms with Gasteiger partial charge in [0.1, 0.15) is 0 Å². The van der Waals surface area contributed by atoms with Crippen LogP contribution in [0.1, 0.15) is 45.4 Å². The summed E-state index contributed by atoms with van der Waals surface area (Å²) in [5.74, 6) is 0.473. The van der Waals surface area contributed by atoms with E-state index in [1.54, 1.807) is 0 Å². The first-order valence-electron chi connectivity index (χ1n) is 7.95. The van der Waals surface area contributed by atoms with Gasteiger partial charge in [-0.2, -0.15) is 0 Å². The first-order valence-corrected chi connectivity index (χ1v) is 7.95. The number of nitrogens with zero attached hydrogens (tertiary/aromatic N) is 2. The molecule has 1 unspecified atom stereocenters. The SMILES string of the molecule is CC(CCCN)C(=O)N1CCN(C2CCCC2)CC1. The highest BCUT2D eigenvalue weighted by Crippen LogP contribution is 2.24. The Morgan fingerprint density at radius 3 is 2.42 bits per heavy atom. The van der Waals surface area contributed by atoms with Crippen LogP contribution >= 0.6 is 0 Å². The molecule has 1 aliphatic carbocycles. The molecule has 110 valence electrons. The smallest absolute Gasteiger partial charge is 0.225 e. The van der Waals surface area contributed by atoms with E-state index in [-0.39, 0.29) is 5.92 Å². The normalized spacial score (nSPS) is 23.8. The first kappa shape index (κ1) is 14.8. The molecule has 1 amide bonds. The van der Waals surface area contributed by atoms with Crippen molar-refractivity contribution in [3.05, 3.63) is 0 Å². The van der Waals surface area contributed by atoms with Crippen molar-refractivity contribution in [3.8, 4) is 0 Å². The molecule has 1 aliphatic heterocycles. The summed E-state index contributed by atoms with van der Waals surface area (Å²) in [4.78, 5) is 17.0. The number of amides is 1. The van der Waals surface area contributed by atoms with Crippen LogP contribution in [0.2, 0.25) is 0 Å². The van der Waals surface area contributed by atoms with Crippen LogP contribution in [0.3, 0.4) is 0 Å². The molecule has 4 heteroatoms. The Hall–Kier alpha value is -0.610. The fourth-order valence-electron chi connectivity index (χ4n) is 3.44. The molecule has 0 radical (unpaired) electrons. The van der Waals surface area contributed by atoms with Crippen molar-refractivity contribution >= 4 is 5.91 Å². The van der Waals surface area contributed by atoms with Crippen LogP contribution in [-0.4, -0.2) is 54.5 Å². The maximum atomic E-state index is 12.3. The quantitative estimate of drug-likeness (QED) is 0.820. The maximum Gasteiger partial charge on any atom is 0.225 e. The Balaban J connectivity index is 1.74. The number of piperazine rings is 1. The highest BCUT2D eigenvalue weighted by molar-refractivity contribution is 5.78. The first-order chi connectivity index (χ1) is 9.22. The van der Waals surface area contributed by atoms with Gasteiger partial charge in [-0.3, -0.25) is 9.69 Å². The van der Waals surface area contributed by atoms with Gasteiger partial charge in [-0.1, -0.05) is 19.8 Å². The van der Waals surface area contributed by atoms with Gasteiger partial charge in [0.25, 0.3) is 0 Å². The molecule has 0 aromatic carbocycles. The molecular formula is C15H29N3O. The number of carbonyl (C=O) groups is 1. The summed E-state index contributed by atoms with van der Waals surface area (Å²) in [6.45, 7) is 6.71. The third-order valence-corrected chi connectivity index (χ3v) is 4.73. The van der Waals surface area contributed by atoms with Gasteiger partial charge in [0.15, 0.2) is 0 Å². The van der Waals surface area contributed by atoms with Gasteiger partial charge >= 0.3 is 0 Å².